The first-order valence-electron chi connectivity index (χ1n) is 9.72. The highest BCUT2D eigenvalue weighted by molar-refractivity contribution is 6.20. The summed E-state index contributed by atoms with van der Waals surface area (Å²) in [6.45, 7) is 1.44. The SMILES string of the molecule is COc1cc(C=C(C(=O)O)c2ccc(Oc3ccc(NC(C)=O)cc3)cc2)cc(OC)c1. The van der Waals surface area contributed by atoms with Crippen molar-refractivity contribution in [2.24, 2.45) is 0 Å². The molecule has 164 valence electrons. The van der Waals surface area contributed by atoms with E-state index in [1.165, 1.54) is 21.1 Å². The Kier molecular flexibility index (Phi) is 7.13. The number of anilines is 1. The molecule has 0 fully saturated rings. The molecule has 0 aliphatic rings. The molecule has 0 saturated heterocycles. The molecular formula is C25H23NO6. The van der Waals surface area contributed by atoms with Crippen molar-refractivity contribution in [3.05, 3.63) is 77.9 Å². The van der Waals surface area contributed by atoms with Crippen LogP contribution in [0.5, 0.6) is 23.0 Å². The molecular weight excluding hydrogens is 410 g/mol. The number of aliphatic carboxylic acids is 1. The van der Waals surface area contributed by atoms with Crippen molar-refractivity contribution in [1.29, 1.82) is 0 Å². The van der Waals surface area contributed by atoms with E-state index in [0.717, 1.165) is 0 Å². The number of methoxy groups -OCH3 is 2. The van der Waals surface area contributed by atoms with Crippen LogP contribution in [0.25, 0.3) is 11.6 Å². The second kappa shape index (κ2) is 10.2. The van der Waals surface area contributed by atoms with Crippen LogP contribution in [0.4, 0.5) is 5.69 Å². The van der Waals surface area contributed by atoms with Crippen molar-refractivity contribution in [2.45, 2.75) is 6.92 Å². The van der Waals surface area contributed by atoms with E-state index in [9.17, 15) is 14.7 Å². The largest absolute Gasteiger partial charge is 0.497 e. The third-order valence-corrected chi connectivity index (χ3v) is 4.49. The standard InChI is InChI=1S/C25H23NO6/c1-16(27)26-19-6-10-21(11-7-19)32-20-8-4-18(5-9-20)24(25(28)29)14-17-12-22(30-2)15-23(13-17)31-3/h4-15H,1-3H3,(H,26,27)(H,28,29). The predicted octanol–water partition coefficient (Wildman–Crippen LogP) is 5.08. The lowest BCUT2D eigenvalue weighted by atomic mass is 10.0. The average Bonchev–Trinajstić information content (AvgIpc) is 2.78. The Hall–Kier alpha value is -4.26. The average molecular weight is 433 g/mol. The van der Waals surface area contributed by atoms with Crippen LogP contribution in [-0.2, 0) is 9.59 Å². The number of benzene rings is 3. The highest BCUT2D eigenvalue weighted by Crippen LogP contribution is 2.28. The first-order chi connectivity index (χ1) is 15.4. The Morgan fingerprint density at radius 3 is 1.81 bits per heavy atom. The van der Waals surface area contributed by atoms with Crippen molar-refractivity contribution in [2.75, 3.05) is 19.5 Å². The van der Waals surface area contributed by atoms with Crippen molar-refractivity contribution in [3.63, 3.8) is 0 Å². The summed E-state index contributed by atoms with van der Waals surface area (Å²) in [5, 5.41) is 12.4. The van der Waals surface area contributed by atoms with Crippen LogP contribution in [0.15, 0.2) is 66.7 Å². The van der Waals surface area contributed by atoms with Gasteiger partial charge in [-0.1, -0.05) is 12.1 Å². The third-order valence-electron chi connectivity index (χ3n) is 4.49. The van der Waals surface area contributed by atoms with Gasteiger partial charge in [0.05, 0.1) is 19.8 Å². The van der Waals surface area contributed by atoms with Crippen LogP contribution in [0.2, 0.25) is 0 Å². The summed E-state index contributed by atoms with van der Waals surface area (Å²) in [4.78, 5) is 23.0. The van der Waals surface area contributed by atoms with Gasteiger partial charge >= 0.3 is 5.97 Å². The highest BCUT2D eigenvalue weighted by Gasteiger charge is 2.12. The van der Waals surface area contributed by atoms with Gasteiger partial charge in [0.2, 0.25) is 5.91 Å². The minimum absolute atomic E-state index is 0.117. The van der Waals surface area contributed by atoms with E-state index < -0.39 is 5.97 Å². The Balaban J connectivity index is 1.81. The molecule has 32 heavy (non-hydrogen) atoms. The Morgan fingerprint density at radius 1 is 0.812 bits per heavy atom. The molecule has 7 heteroatoms. The molecule has 2 N–H and O–H groups in total. The fourth-order valence-electron chi connectivity index (χ4n) is 3.00. The van der Waals surface area contributed by atoms with Crippen LogP contribution >= 0.6 is 0 Å². The smallest absolute Gasteiger partial charge is 0.336 e. The summed E-state index contributed by atoms with van der Waals surface area (Å²) < 4.78 is 16.3. The molecule has 0 unspecified atom stereocenters. The molecule has 0 heterocycles. The number of amides is 1. The number of carbonyl (C=O) groups excluding carboxylic acids is 1. The molecule has 0 radical (unpaired) electrons. The van der Waals surface area contributed by atoms with Gasteiger partial charge in [0.1, 0.15) is 23.0 Å². The van der Waals surface area contributed by atoms with Gasteiger partial charge in [0.15, 0.2) is 0 Å². The zero-order valence-corrected chi connectivity index (χ0v) is 17.9. The number of hydrogen-bond donors (Lipinski definition) is 2. The number of carbonyl (C=O) groups is 2. The monoisotopic (exact) mass is 433 g/mol. The van der Waals surface area contributed by atoms with E-state index in [0.29, 0.717) is 39.8 Å². The van der Waals surface area contributed by atoms with E-state index in [1.807, 2.05) is 0 Å². The van der Waals surface area contributed by atoms with Crippen molar-refractivity contribution in [1.82, 2.24) is 0 Å². The molecule has 3 aromatic carbocycles. The van der Waals surface area contributed by atoms with E-state index in [4.69, 9.17) is 14.2 Å². The number of nitrogens with one attached hydrogen (secondary N) is 1. The highest BCUT2D eigenvalue weighted by atomic mass is 16.5. The van der Waals surface area contributed by atoms with Crippen molar-refractivity contribution >= 4 is 29.2 Å². The van der Waals surface area contributed by atoms with Gasteiger partial charge in [-0.05, 0) is 65.7 Å². The number of carboxylic acids is 1. The molecule has 0 spiro atoms. The first kappa shape index (κ1) is 22.4. The topological polar surface area (TPSA) is 94.1 Å². The van der Waals surface area contributed by atoms with E-state index in [-0.39, 0.29) is 11.5 Å². The van der Waals surface area contributed by atoms with Gasteiger partial charge in [-0.3, -0.25) is 4.79 Å². The Labute approximate surface area is 185 Å². The maximum absolute atomic E-state index is 11.9. The van der Waals surface area contributed by atoms with Crippen LogP contribution in [-0.4, -0.2) is 31.2 Å². The van der Waals surface area contributed by atoms with Crippen LogP contribution in [0.3, 0.4) is 0 Å². The normalized spacial score (nSPS) is 10.9. The van der Waals surface area contributed by atoms with Gasteiger partial charge in [-0.15, -0.1) is 0 Å². The second-order valence-electron chi connectivity index (χ2n) is 6.84. The quantitative estimate of drug-likeness (QED) is 0.380. The maximum Gasteiger partial charge on any atom is 0.336 e. The van der Waals surface area contributed by atoms with E-state index in [1.54, 1.807) is 72.8 Å². The van der Waals surface area contributed by atoms with Crippen LogP contribution in [0, 0.1) is 0 Å². The third kappa shape index (κ3) is 5.89. The zero-order chi connectivity index (χ0) is 23.1. The molecule has 0 aromatic heterocycles. The molecule has 1 amide bonds. The first-order valence-corrected chi connectivity index (χ1v) is 9.72. The Bertz CT molecular complexity index is 1110. The summed E-state index contributed by atoms with van der Waals surface area (Å²) in [5.41, 5.74) is 1.95. The second-order valence-corrected chi connectivity index (χ2v) is 6.84. The van der Waals surface area contributed by atoms with Crippen molar-refractivity contribution < 1.29 is 28.9 Å². The number of hydrogen-bond acceptors (Lipinski definition) is 5. The molecule has 3 rings (SSSR count). The molecule has 3 aromatic rings. The number of rotatable bonds is 8. The minimum atomic E-state index is -1.06. The van der Waals surface area contributed by atoms with Crippen LogP contribution < -0.4 is 19.5 Å². The van der Waals surface area contributed by atoms with Crippen LogP contribution in [0.1, 0.15) is 18.1 Å². The summed E-state index contributed by atoms with van der Waals surface area (Å²) in [7, 11) is 3.07. The molecule has 0 aliphatic heterocycles. The molecule has 0 saturated carbocycles. The lowest BCUT2D eigenvalue weighted by molar-refractivity contribution is -0.130. The van der Waals surface area contributed by atoms with Crippen molar-refractivity contribution in [3.8, 4) is 23.0 Å². The van der Waals surface area contributed by atoms with Gasteiger partial charge in [-0.2, -0.15) is 0 Å². The lowest BCUT2D eigenvalue weighted by Gasteiger charge is -2.10. The summed E-state index contributed by atoms with van der Waals surface area (Å²) in [5.74, 6) is 1.05. The Morgan fingerprint density at radius 2 is 1.34 bits per heavy atom. The van der Waals surface area contributed by atoms with E-state index >= 15 is 0 Å². The predicted molar refractivity (Wildman–Crippen MR) is 122 cm³/mol. The molecule has 0 bridgehead atoms. The van der Waals surface area contributed by atoms with Gasteiger partial charge in [0, 0.05) is 18.7 Å². The lowest BCUT2D eigenvalue weighted by Crippen LogP contribution is -2.05. The fourth-order valence-corrected chi connectivity index (χ4v) is 3.00. The number of ether oxygens (including phenoxy) is 3. The van der Waals surface area contributed by atoms with Gasteiger partial charge < -0.3 is 24.6 Å². The fraction of sp³-hybridized carbons (Fsp3) is 0.120. The summed E-state index contributed by atoms with van der Waals surface area (Å²) in [6, 6.07) is 18.9. The van der Waals surface area contributed by atoms with Gasteiger partial charge in [0.25, 0.3) is 0 Å². The summed E-state index contributed by atoms with van der Waals surface area (Å²) in [6.07, 6.45) is 1.56. The molecule has 0 aliphatic carbocycles. The van der Waals surface area contributed by atoms with E-state index in [2.05, 4.69) is 5.32 Å². The molecule has 7 nitrogen and oxygen atoms in total. The van der Waals surface area contributed by atoms with Gasteiger partial charge in [-0.25, -0.2) is 4.79 Å². The zero-order valence-electron chi connectivity index (χ0n) is 17.9. The number of carboxylic acid groups (broad SMARTS) is 1. The summed E-state index contributed by atoms with van der Waals surface area (Å²) >= 11 is 0. The minimum Gasteiger partial charge on any atom is -0.497 e. The maximum atomic E-state index is 11.9. The molecule has 0 atom stereocenters.